The standard InChI is InChI=1S/C16H21ClN4/c1-10-7-6-8-12(19-10)9-18-14-11(2)13(17)20-15(21-14)16(3,4)5/h6-8H,9H2,1-5H3,(H,18,20,21). The molecule has 1 N–H and O–H groups in total. The molecular weight excluding hydrogens is 284 g/mol. The van der Waals surface area contributed by atoms with E-state index in [1.54, 1.807) is 0 Å². The van der Waals surface area contributed by atoms with E-state index in [2.05, 4.69) is 41.0 Å². The highest BCUT2D eigenvalue weighted by atomic mass is 35.5. The van der Waals surface area contributed by atoms with Gasteiger partial charge in [0.2, 0.25) is 0 Å². The van der Waals surface area contributed by atoms with Crippen LogP contribution in [0.5, 0.6) is 0 Å². The zero-order chi connectivity index (χ0) is 15.6. The van der Waals surface area contributed by atoms with Gasteiger partial charge in [0.15, 0.2) is 0 Å². The first-order valence-corrected chi connectivity index (χ1v) is 7.36. The molecule has 0 saturated carbocycles. The molecule has 0 spiro atoms. The number of aryl methyl sites for hydroxylation is 1. The first kappa shape index (κ1) is 15.7. The van der Waals surface area contributed by atoms with Crippen molar-refractivity contribution in [2.75, 3.05) is 5.32 Å². The van der Waals surface area contributed by atoms with Gasteiger partial charge in [0.1, 0.15) is 16.8 Å². The lowest BCUT2D eigenvalue weighted by Crippen LogP contribution is -2.18. The Labute approximate surface area is 131 Å². The van der Waals surface area contributed by atoms with Crippen LogP contribution >= 0.6 is 11.6 Å². The number of anilines is 1. The molecule has 2 heterocycles. The SMILES string of the molecule is Cc1cccc(CNc2nc(C(C)(C)C)nc(Cl)c2C)n1. The summed E-state index contributed by atoms with van der Waals surface area (Å²) in [6.45, 7) is 10.7. The summed E-state index contributed by atoms with van der Waals surface area (Å²) >= 11 is 6.23. The summed E-state index contributed by atoms with van der Waals surface area (Å²) in [7, 11) is 0. The fourth-order valence-corrected chi connectivity index (χ4v) is 2.04. The number of hydrogen-bond acceptors (Lipinski definition) is 4. The largest absolute Gasteiger partial charge is 0.364 e. The van der Waals surface area contributed by atoms with Gasteiger partial charge < -0.3 is 5.32 Å². The Morgan fingerprint density at radius 1 is 1.10 bits per heavy atom. The van der Waals surface area contributed by atoms with Crippen molar-refractivity contribution in [2.45, 2.75) is 46.6 Å². The number of nitrogens with zero attached hydrogens (tertiary/aromatic N) is 3. The van der Waals surface area contributed by atoms with Crippen molar-refractivity contribution < 1.29 is 0 Å². The molecule has 4 nitrogen and oxygen atoms in total. The molecule has 0 fully saturated rings. The predicted molar refractivity (Wildman–Crippen MR) is 86.8 cm³/mol. The van der Waals surface area contributed by atoms with E-state index in [0.717, 1.165) is 28.6 Å². The van der Waals surface area contributed by atoms with Crippen LogP contribution in [0.1, 0.15) is 43.5 Å². The third-order valence-corrected chi connectivity index (χ3v) is 3.51. The quantitative estimate of drug-likeness (QED) is 0.869. The molecule has 2 aromatic rings. The molecule has 2 aromatic heterocycles. The monoisotopic (exact) mass is 304 g/mol. The lowest BCUT2D eigenvalue weighted by atomic mass is 9.95. The Bertz CT molecular complexity index is 647. The third kappa shape index (κ3) is 3.91. The first-order valence-electron chi connectivity index (χ1n) is 6.98. The number of aromatic nitrogens is 3. The molecule has 0 aromatic carbocycles. The van der Waals surface area contributed by atoms with E-state index >= 15 is 0 Å². The summed E-state index contributed by atoms with van der Waals surface area (Å²) in [5.41, 5.74) is 2.69. The average molecular weight is 305 g/mol. The highest BCUT2D eigenvalue weighted by molar-refractivity contribution is 6.30. The zero-order valence-electron chi connectivity index (χ0n) is 13.2. The first-order chi connectivity index (χ1) is 9.77. The van der Waals surface area contributed by atoms with Crippen LogP contribution in [-0.2, 0) is 12.0 Å². The van der Waals surface area contributed by atoms with E-state index in [0.29, 0.717) is 11.7 Å². The second-order valence-electron chi connectivity index (χ2n) is 6.19. The summed E-state index contributed by atoms with van der Waals surface area (Å²) in [6.07, 6.45) is 0. The van der Waals surface area contributed by atoms with Crippen molar-refractivity contribution in [2.24, 2.45) is 0 Å². The second kappa shape index (κ2) is 5.98. The van der Waals surface area contributed by atoms with Gasteiger partial charge in [0, 0.05) is 16.7 Å². The molecule has 0 saturated heterocycles. The van der Waals surface area contributed by atoms with E-state index in [1.165, 1.54) is 0 Å². The highest BCUT2D eigenvalue weighted by Gasteiger charge is 2.20. The van der Waals surface area contributed by atoms with Crippen LogP contribution in [0.25, 0.3) is 0 Å². The Balaban J connectivity index is 2.25. The van der Waals surface area contributed by atoms with Crippen molar-refractivity contribution in [3.63, 3.8) is 0 Å². The van der Waals surface area contributed by atoms with Gasteiger partial charge in [-0.3, -0.25) is 4.98 Å². The predicted octanol–water partition coefficient (Wildman–Crippen LogP) is 4.05. The minimum atomic E-state index is -0.143. The normalized spacial score (nSPS) is 11.5. The van der Waals surface area contributed by atoms with Crippen molar-refractivity contribution in [3.05, 3.63) is 46.1 Å². The smallest absolute Gasteiger partial charge is 0.137 e. The summed E-state index contributed by atoms with van der Waals surface area (Å²) < 4.78 is 0. The molecule has 112 valence electrons. The molecule has 2 rings (SSSR count). The van der Waals surface area contributed by atoms with Crippen LogP contribution < -0.4 is 5.32 Å². The van der Waals surface area contributed by atoms with E-state index in [9.17, 15) is 0 Å². The van der Waals surface area contributed by atoms with Crippen LogP contribution in [0, 0.1) is 13.8 Å². The number of pyridine rings is 1. The molecule has 0 aliphatic heterocycles. The molecule has 21 heavy (non-hydrogen) atoms. The molecular formula is C16H21ClN4. The number of nitrogens with one attached hydrogen (secondary N) is 1. The fraction of sp³-hybridized carbons (Fsp3) is 0.438. The zero-order valence-corrected chi connectivity index (χ0v) is 13.9. The van der Waals surface area contributed by atoms with E-state index in [4.69, 9.17) is 11.6 Å². The van der Waals surface area contributed by atoms with Crippen LogP contribution in [0.15, 0.2) is 18.2 Å². The molecule has 5 heteroatoms. The van der Waals surface area contributed by atoms with Crippen molar-refractivity contribution in [1.29, 1.82) is 0 Å². The Morgan fingerprint density at radius 2 is 1.81 bits per heavy atom. The fourth-order valence-electron chi connectivity index (χ4n) is 1.87. The average Bonchev–Trinajstić information content (AvgIpc) is 2.39. The minimum Gasteiger partial charge on any atom is -0.364 e. The summed E-state index contributed by atoms with van der Waals surface area (Å²) in [5.74, 6) is 1.50. The van der Waals surface area contributed by atoms with Crippen LogP contribution in [0.2, 0.25) is 5.15 Å². The van der Waals surface area contributed by atoms with Crippen LogP contribution in [0.3, 0.4) is 0 Å². The molecule has 0 atom stereocenters. The van der Waals surface area contributed by atoms with Crippen LogP contribution in [0.4, 0.5) is 5.82 Å². The second-order valence-corrected chi connectivity index (χ2v) is 6.54. The van der Waals surface area contributed by atoms with Crippen molar-refractivity contribution in [3.8, 4) is 0 Å². The van der Waals surface area contributed by atoms with Gasteiger partial charge in [-0.2, -0.15) is 0 Å². The van der Waals surface area contributed by atoms with Gasteiger partial charge in [-0.1, -0.05) is 38.4 Å². The van der Waals surface area contributed by atoms with Gasteiger partial charge in [-0.25, -0.2) is 9.97 Å². The van der Waals surface area contributed by atoms with E-state index < -0.39 is 0 Å². The van der Waals surface area contributed by atoms with Gasteiger partial charge >= 0.3 is 0 Å². The maximum absolute atomic E-state index is 6.23. The number of hydrogen-bond donors (Lipinski definition) is 1. The van der Waals surface area contributed by atoms with Gasteiger partial charge in [-0.05, 0) is 26.0 Å². The van der Waals surface area contributed by atoms with Crippen molar-refractivity contribution >= 4 is 17.4 Å². The van der Waals surface area contributed by atoms with Gasteiger partial charge in [0.05, 0.1) is 12.2 Å². The van der Waals surface area contributed by atoms with Gasteiger partial charge in [-0.15, -0.1) is 0 Å². The summed E-state index contributed by atoms with van der Waals surface area (Å²) in [6, 6.07) is 5.97. The van der Waals surface area contributed by atoms with Crippen LogP contribution in [-0.4, -0.2) is 15.0 Å². The summed E-state index contributed by atoms with van der Waals surface area (Å²) in [4.78, 5) is 13.5. The van der Waals surface area contributed by atoms with Gasteiger partial charge in [0.25, 0.3) is 0 Å². The molecule has 0 aliphatic rings. The molecule has 0 unspecified atom stereocenters. The highest BCUT2D eigenvalue weighted by Crippen LogP contribution is 2.26. The number of rotatable bonds is 3. The Kier molecular flexibility index (Phi) is 4.47. The lowest BCUT2D eigenvalue weighted by molar-refractivity contribution is 0.545. The van der Waals surface area contributed by atoms with E-state index in [-0.39, 0.29) is 5.41 Å². The molecule has 0 aliphatic carbocycles. The maximum atomic E-state index is 6.23. The molecule has 0 amide bonds. The maximum Gasteiger partial charge on any atom is 0.137 e. The third-order valence-electron chi connectivity index (χ3n) is 3.14. The topological polar surface area (TPSA) is 50.7 Å². The summed E-state index contributed by atoms with van der Waals surface area (Å²) in [5, 5.41) is 3.81. The van der Waals surface area contributed by atoms with Crippen molar-refractivity contribution in [1.82, 2.24) is 15.0 Å². The Morgan fingerprint density at radius 3 is 2.43 bits per heavy atom. The number of halogens is 1. The Hall–Kier alpha value is -1.68. The molecule has 0 radical (unpaired) electrons. The lowest BCUT2D eigenvalue weighted by Gasteiger charge is -2.19. The van der Waals surface area contributed by atoms with E-state index in [1.807, 2.05) is 32.0 Å². The molecule has 0 bridgehead atoms. The minimum absolute atomic E-state index is 0.143.